The molecular weight excluding hydrogens is 450 g/mol. The van der Waals surface area contributed by atoms with Gasteiger partial charge in [0.15, 0.2) is 16.1 Å². The molecule has 0 N–H and O–H groups in total. The Morgan fingerprint density at radius 2 is 1.67 bits per heavy atom. The summed E-state index contributed by atoms with van der Waals surface area (Å²) in [5.41, 5.74) is 0. The Kier molecular flexibility index (Phi) is 9.66. The summed E-state index contributed by atoms with van der Waals surface area (Å²) in [6.07, 6.45) is -0.899. The van der Waals surface area contributed by atoms with E-state index in [1.807, 2.05) is 13.8 Å². The molecule has 0 bridgehead atoms. The maximum Gasteiger partial charge on any atom is 0.441 e. The molecule has 10 nitrogen and oxygen atoms in total. The van der Waals surface area contributed by atoms with E-state index >= 15 is 0 Å². The molecule has 0 aliphatic carbocycles. The maximum absolute atomic E-state index is 13.2. The van der Waals surface area contributed by atoms with Crippen LogP contribution in [0.1, 0.15) is 40.5 Å². The highest BCUT2D eigenvalue weighted by molar-refractivity contribution is 7.91. The summed E-state index contributed by atoms with van der Waals surface area (Å²) in [5.74, 6) is -2.96. The topological polar surface area (TPSA) is 114 Å². The molecule has 0 spiro atoms. The number of sulfone groups is 1. The Morgan fingerprint density at radius 1 is 1.03 bits per heavy atom. The van der Waals surface area contributed by atoms with E-state index in [1.165, 1.54) is 17.0 Å². The van der Waals surface area contributed by atoms with Crippen LogP contribution in [0.2, 0.25) is 0 Å². The number of carbonyl (C=O) groups is 3. The van der Waals surface area contributed by atoms with Crippen LogP contribution in [0.4, 0.5) is 4.79 Å². The molecule has 1 aromatic carbocycles. The van der Waals surface area contributed by atoms with Crippen molar-refractivity contribution in [3.63, 3.8) is 0 Å². The van der Waals surface area contributed by atoms with Crippen molar-refractivity contribution in [2.24, 2.45) is 0 Å². The molecule has 0 saturated carbocycles. The van der Waals surface area contributed by atoms with Crippen molar-refractivity contribution in [3.05, 3.63) is 30.3 Å². The number of rotatable bonds is 11. The summed E-state index contributed by atoms with van der Waals surface area (Å²) in [5, 5.41) is 0.866. The van der Waals surface area contributed by atoms with E-state index in [-0.39, 0.29) is 23.6 Å². The molecule has 1 aromatic rings. The lowest BCUT2D eigenvalue weighted by Crippen LogP contribution is -2.56. The summed E-state index contributed by atoms with van der Waals surface area (Å²) in [4.78, 5) is 46.1. The van der Waals surface area contributed by atoms with Crippen LogP contribution in [-0.4, -0.2) is 85.5 Å². The van der Waals surface area contributed by atoms with Gasteiger partial charge in [-0.2, -0.15) is 5.06 Å². The summed E-state index contributed by atoms with van der Waals surface area (Å²) >= 11 is 0. The van der Waals surface area contributed by atoms with Crippen molar-refractivity contribution in [1.29, 1.82) is 0 Å². The van der Waals surface area contributed by atoms with E-state index in [2.05, 4.69) is 4.90 Å². The molecule has 33 heavy (non-hydrogen) atoms. The molecule has 0 aromatic heterocycles. The van der Waals surface area contributed by atoms with Crippen molar-refractivity contribution in [3.8, 4) is 0 Å². The third-order valence-electron chi connectivity index (χ3n) is 5.37. The van der Waals surface area contributed by atoms with Crippen molar-refractivity contribution >= 4 is 27.8 Å². The Bertz CT molecular complexity index is 917. The third kappa shape index (κ3) is 7.16. The molecule has 1 fully saturated rings. The van der Waals surface area contributed by atoms with E-state index < -0.39 is 40.1 Å². The van der Waals surface area contributed by atoms with Gasteiger partial charge in [-0.05, 0) is 52.0 Å². The van der Waals surface area contributed by atoms with E-state index in [9.17, 15) is 22.8 Å². The standard InChI is InChI=1S/C22H33N3O7S/c1-5-23(6-2)14-10-15-24-22(28)25(17(3)4)19(31-20(26)21(27)32-24)13-16-33(29,30)18-11-8-7-9-12-18/h7-9,11-12,17,19H,5-6,10,13-16H2,1-4H3. The van der Waals surface area contributed by atoms with Crippen molar-refractivity contribution in [2.45, 2.75) is 57.7 Å². The summed E-state index contributed by atoms with van der Waals surface area (Å²) in [6.45, 7) is 9.92. The molecule has 1 unspecified atom stereocenters. The van der Waals surface area contributed by atoms with Crippen LogP contribution in [0.5, 0.6) is 0 Å². The lowest BCUT2D eigenvalue weighted by atomic mass is 10.2. The van der Waals surface area contributed by atoms with Gasteiger partial charge in [-0.1, -0.05) is 32.0 Å². The highest BCUT2D eigenvalue weighted by Gasteiger charge is 2.40. The van der Waals surface area contributed by atoms with Crippen molar-refractivity contribution < 1.29 is 32.4 Å². The first-order chi connectivity index (χ1) is 15.6. The van der Waals surface area contributed by atoms with Gasteiger partial charge < -0.3 is 14.5 Å². The van der Waals surface area contributed by atoms with Crippen LogP contribution in [0.15, 0.2) is 35.2 Å². The molecule has 1 atom stereocenters. The molecule has 184 valence electrons. The Balaban J connectivity index is 2.21. The lowest BCUT2D eigenvalue weighted by Gasteiger charge is -2.38. The van der Waals surface area contributed by atoms with Crippen LogP contribution in [0.3, 0.4) is 0 Å². The minimum atomic E-state index is -3.69. The van der Waals surface area contributed by atoms with E-state index in [1.54, 1.807) is 32.0 Å². The van der Waals surface area contributed by atoms with E-state index in [4.69, 9.17) is 9.57 Å². The van der Waals surface area contributed by atoms with Crippen LogP contribution in [-0.2, 0) is 29.0 Å². The van der Waals surface area contributed by atoms with Gasteiger partial charge in [0, 0.05) is 12.5 Å². The number of hydrogen-bond donors (Lipinski definition) is 0. The Hall–Kier alpha value is -2.66. The number of carbonyl (C=O) groups excluding carboxylic acids is 3. The average molecular weight is 484 g/mol. The quantitative estimate of drug-likeness (QED) is 0.347. The second-order valence-corrected chi connectivity index (χ2v) is 10.0. The smallest absolute Gasteiger partial charge is 0.433 e. The number of hydrogen-bond acceptors (Lipinski definition) is 8. The van der Waals surface area contributed by atoms with Gasteiger partial charge in [0.1, 0.15) is 0 Å². The fourth-order valence-electron chi connectivity index (χ4n) is 3.53. The van der Waals surface area contributed by atoms with Gasteiger partial charge in [-0.3, -0.25) is 4.90 Å². The van der Waals surface area contributed by atoms with Gasteiger partial charge in [0.2, 0.25) is 0 Å². The van der Waals surface area contributed by atoms with Crippen LogP contribution in [0.25, 0.3) is 0 Å². The molecule has 0 radical (unpaired) electrons. The zero-order chi connectivity index (χ0) is 24.6. The first-order valence-corrected chi connectivity index (χ1v) is 12.8. The Labute approximate surface area is 195 Å². The molecular formula is C22H33N3O7S. The third-order valence-corrected chi connectivity index (χ3v) is 7.13. The number of urea groups is 1. The molecule has 1 heterocycles. The summed E-state index contributed by atoms with van der Waals surface area (Å²) in [6, 6.07) is 6.76. The number of benzene rings is 1. The molecule has 1 aliphatic heterocycles. The SMILES string of the molecule is CCN(CC)CCCN1OC(=O)C(=O)OC(CCS(=O)(=O)c2ccccc2)N(C(C)C)C1=O. The zero-order valence-corrected chi connectivity index (χ0v) is 20.4. The molecule has 11 heteroatoms. The molecule has 1 saturated heterocycles. The normalized spacial score (nSPS) is 17.8. The fourth-order valence-corrected chi connectivity index (χ4v) is 4.85. The van der Waals surface area contributed by atoms with Gasteiger partial charge in [0.05, 0.1) is 17.2 Å². The number of esters is 1. The second-order valence-electron chi connectivity index (χ2n) is 7.93. The number of ether oxygens (including phenoxy) is 1. The predicted molar refractivity (Wildman–Crippen MR) is 121 cm³/mol. The highest BCUT2D eigenvalue weighted by atomic mass is 32.2. The predicted octanol–water partition coefficient (Wildman–Crippen LogP) is 2.06. The number of hydroxylamine groups is 2. The first-order valence-electron chi connectivity index (χ1n) is 11.1. The largest absolute Gasteiger partial charge is 0.441 e. The van der Waals surface area contributed by atoms with Crippen LogP contribution < -0.4 is 0 Å². The minimum Gasteiger partial charge on any atom is -0.433 e. The van der Waals surface area contributed by atoms with E-state index in [0.717, 1.165) is 18.2 Å². The van der Waals surface area contributed by atoms with Gasteiger partial charge >= 0.3 is 18.0 Å². The second kappa shape index (κ2) is 12.0. The molecule has 2 amide bonds. The number of amides is 2. The first kappa shape index (κ1) is 26.6. The van der Waals surface area contributed by atoms with E-state index in [0.29, 0.717) is 13.0 Å². The molecule has 2 rings (SSSR count). The van der Waals surface area contributed by atoms with Crippen molar-refractivity contribution in [2.75, 3.05) is 31.9 Å². The van der Waals surface area contributed by atoms with Gasteiger partial charge in [0.25, 0.3) is 0 Å². The average Bonchev–Trinajstić information content (AvgIpc) is 2.79. The van der Waals surface area contributed by atoms with Gasteiger partial charge in [-0.15, -0.1) is 0 Å². The molecule has 1 aliphatic rings. The summed E-state index contributed by atoms with van der Waals surface area (Å²) < 4.78 is 30.6. The fraction of sp³-hybridized carbons (Fsp3) is 0.591. The monoisotopic (exact) mass is 483 g/mol. The van der Waals surface area contributed by atoms with Crippen molar-refractivity contribution in [1.82, 2.24) is 14.9 Å². The number of nitrogens with zero attached hydrogens (tertiary/aromatic N) is 3. The minimum absolute atomic E-state index is 0.0899. The highest BCUT2D eigenvalue weighted by Crippen LogP contribution is 2.21. The lowest BCUT2D eigenvalue weighted by molar-refractivity contribution is -0.207. The number of cyclic esters (lactones) is 1. The Morgan fingerprint density at radius 3 is 2.24 bits per heavy atom. The zero-order valence-electron chi connectivity index (χ0n) is 19.6. The van der Waals surface area contributed by atoms with Crippen LogP contribution in [0, 0.1) is 0 Å². The maximum atomic E-state index is 13.2. The van der Waals surface area contributed by atoms with Crippen LogP contribution >= 0.6 is 0 Å². The van der Waals surface area contributed by atoms with Gasteiger partial charge in [-0.25, -0.2) is 22.8 Å². The summed E-state index contributed by atoms with van der Waals surface area (Å²) in [7, 11) is -3.69.